The number of halogens is 1. The monoisotopic (exact) mass is 524 g/mol. The Morgan fingerprint density at radius 3 is 2.51 bits per heavy atom. The van der Waals surface area contributed by atoms with Crippen LogP contribution in [0.15, 0.2) is 18.2 Å². The van der Waals surface area contributed by atoms with E-state index >= 15 is 0 Å². The molecule has 2 aromatic rings. The first kappa shape index (κ1) is 28.7. The Morgan fingerprint density at radius 2 is 1.92 bits per heavy atom. The summed E-state index contributed by atoms with van der Waals surface area (Å²) in [6.45, 7) is 10.9. The first-order chi connectivity index (χ1) is 17.4. The summed E-state index contributed by atoms with van der Waals surface area (Å²) in [5.41, 5.74) is 2.16. The fourth-order valence-electron chi connectivity index (χ4n) is 4.21. The zero-order valence-corrected chi connectivity index (χ0v) is 22.3. The molecule has 1 aromatic heterocycles. The second-order valence-electron chi connectivity index (χ2n) is 9.78. The number of hydrogen-bond donors (Lipinski definition) is 2. The number of hydrogen-bond acceptors (Lipinski definition) is 9. The van der Waals surface area contributed by atoms with E-state index in [1.807, 2.05) is 34.6 Å². The van der Waals surface area contributed by atoms with Crippen LogP contribution in [0, 0.1) is 18.7 Å². The first-order valence-electron chi connectivity index (χ1n) is 12.3. The molecule has 2 heterocycles. The van der Waals surface area contributed by atoms with Crippen LogP contribution >= 0.6 is 0 Å². The van der Waals surface area contributed by atoms with Crippen molar-refractivity contribution in [2.75, 3.05) is 13.7 Å². The van der Waals surface area contributed by atoms with Crippen molar-refractivity contribution in [1.82, 2.24) is 9.78 Å². The third kappa shape index (κ3) is 6.71. The number of aliphatic hydroxyl groups is 2. The molecular formula is C26H37FN2O8. The third-order valence-corrected chi connectivity index (χ3v) is 6.29. The normalized spacial score (nSPS) is 23.8. The number of aliphatic hydroxyl groups excluding tert-OH is 2. The molecule has 3 rings (SSSR count). The van der Waals surface area contributed by atoms with Gasteiger partial charge < -0.3 is 33.9 Å². The molecule has 1 aliphatic heterocycles. The highest BCUT2D eigenvalue weighted by Gasteiger charge is 2.44. The lowest BCUT2D eigenvalue weighted by atomic mass is 9.91. The van der Waals surface area contributed by atoms with Crippen LogP contribution in [-0.4, -0.2) is 70.6 Å². The van der Waals surface area contributed by atoms with E-state index in [0.29, 0.717) is 17.5 Å². The summed E-state index contributed by atoms with van der Waals surface area (Å²) in [5.74, 6) is -0.665. The van der Waals surface area contributed by atoms with Gasteiger partial charge in [-0.3, -0.25) is 4.68 Å². The molecule has 0 bridgehead atoms. The zero-order chi connectivity index (χ0) is 27.4. The predicted molar refractivity (Wildman–Crippen MR) is 131 cm³/mol. The second-order valence-corrected chi connectivity index (χ2v) is 9.78. The summed E-state index contributed by atoms with van der Waals surface area (Å²) in [4.78, 5) is 11.4. The van der Waals surface area contributed by atoms with Crippen LogP contribution in [0.25, 0.3) is 0 Å². The van der Waals surface area contributed by atoms with Crippen LogP contribution in [0.1, 0.15) is 57.5 Å². The number of carbonyl (C=O) groups excluding carboxylic acids is 1. The highest BCUT2D eigenvalue weighted by molar-refractivity contribution is 5.59. The lowest BCUT2D eigenvalue weighted by Gasteiger charge is -2.40. The summed E-state index contributed by atoms with van der Waals surface area (Å²) in [5, 5.41) is 25.9. The van der Waals surface area contributed by atoms with Crippen LogP contribution in [0.2, 0.25) is 0 Å². The number of methoxy groups -OCH3 is 1. The molecule has 5 atom stereocenters. The van der Waals surface area contributed by atoms with Gasteiger partial charge in [0.1, 0.15) is 18.8 Å². The molecule has 37 heavy (non-hydrogen) atoms. The number of nitrogens with zero attached hydrogens (tertiary/aromatic N) is 2. The minimum absolute atomic E-state index is 0.00123. The Labute approximate surface area is 216 Å². The Bertz CT molecular complexity index is 1070. The molecule has 0 saturated carbocycles. The number of rotatable bonds is 9. The standard InChI is InChI=1S/C26H37FN2O8/c1-13(2)29-16(6)18(10-17-8-9-20(19(27)11-17)35-14(3)4)24(28-29)37-25-23(31)22(30)15(5)21(36-25)12-34-26(32)33-7/h8-9,11,13-15,21-23,25,30-31H,10,12H2,1-7H3/t15-,21-,22+,23-,25+/m1/s1. The van der Waals surface area contributed by atoms with Crippen LogP contribution in [-0.2, 0) is 20.6 Å². The van der Waals surface area contributed by atoms with Gasteiger partial charge in [-0.1, -0.05) is 13.0 Å². The Hall–Kier alpha value is -2.89. The summed E-state index contributed by atoms with van der Waals surface area (Å²) >= 11 is 0. The van der Waals surface area contributed by atoms with E-state index < -0.39 is 42.5 Å². The molecule has 0 unspecified atom stereocenters. The van der Waals surface area contributed by atoms with E-state index in [1.54, 1.807) is 23.7 Å². The van der Waals surface area contributed by atoms with Crippen LogP contribution in [0.5, 0.6) is 11.6 Å². The summed E-state index contributed by atoms with van der Waals surface area (Å²) in [6, 6.07) is 4.77. The lowest BCUT2D eigenvalue weighted by molar-refractivity contribution is -0.262. The highest BCUT2D eigenvalue weighted by Crippen LogP contribution is 2.33. The topological polar surface area (TPSA) is 122 Å². The molecule has 1 saturated heterocycles. The third-order valence-electron chi connectivity index (χ3n) is 6.29. The van der Waals surface area contributed by atoms with Gasteiger partial charge in [0.15, 0.2) is 11.6 Å². The van der Waals surface area contributed by atoms with E-state index in [9.17, 15) is 19.4 Å². The molecule has 206 valence electrons. The Kier molecular flexibility index (Phi) is 9.38. The number of ether oxygens (including phenoxy) is 5. The van der Waals surface area contributed by atoms with Crippen molar-refractivity contribution in [2.45, 2.75) is 84.7 Å². The molecule has 10 nitrogen and oxygen atoms in total. The maximum Gasteiger partial charge on any atom is 0.508 e. The fraction of sp³-hybridized carbons (Fsp3) is 0.615. The van der Waals surface area contributed by atoms with Gasteiger partial charge in [-0.15, -0.1) is 5.10 Å². The molecule has 11 heteroatoms. The summed E-state index contributed by atoms with van der Waals surface area (Å²) in [6.07, 6.45) is -5.39. The maximum atomic E-state index is 14.6. The van der Waals surface area contributed by atoms with Crippen molar-refractivity contribution in [3.63, 3.8) is 0 Å². The van der Waals surface area contributed by atoms with E-state index in [2.05, 4.69) is 9.84 Å². The molecule has 1 aromatic carbocycles. The summed E-state index contributed by atoms with van der Waals surface area (Å²) in [7, 11) is 1.18. The van der Waals surface area contributed by atoms with E-state index in [4.69, 9.17) is 18.9 Å². The lowest BCUT2D eigenvalue weighted by Crippen LogP contribution is -2.56. The van der Waals surface area contributed by atoms with E-state index in [-0.39, 0.29) is 30.4 Å². The Morgan fingerprint density at radius 1 is 1.22 bits per heavy atom. The zero-order valence-electron chi connectivity index (χ0n) is 22.3. The van der Waals surface area contributed by atoms with Gasteiger partial charge in [-0.25, -0.2) is 9.18 Å². The van der Waals surface area contributed by atoms with Crippen LogP contribution in [0.3, 0.4) is 0 Å². The largest absolute Gasteiger partial charge is 0.508 e. The molecule has 0 radical (unpaired) electrons. The van der Waals surface area contributed by atoms with Gasteiger partial charge >= 0.3 is 6.16 Å². The van der Waals surface area contributed by atoms with Gasteiger partial charge in [0.25, 0.3) is 0 Å². The van der Waals surface area contributed by atoms with Gasteiger partial charge in [0.05, 0.1) is 19.3 Å². The molecule has 1 fully saturated rings. The van der Waals surface area contributed by atoms with Crippen LogP contribution in [0.4, 0.5) is 9.18 Å². The fourth-order valence-corrected chi connectivity index (χ4v) is 4.21. The minimum atomic E-state index is -1.38. The smallest absolute Gasteiger partial charge is 0.488 e. The van der Waals surface area contributed by atoms with Gasteiger partial charge in [-0.05, 0) is 52.3 Å². The molecule has 0 amide bonds. The second kappa shape index (κ2) is 12.1. The van der Waals surface area contributed by atoms with Gasteiger partial charge in [0, 0.05) is 29.6 Å². The number of aromatic nitrogens is 2. The van der Waals surface area contributed by atoms with Crippen molar-refractivity contribution < 1.29 is 43.1 Å². The highest BCUT2D eigenvalue weighted by atomic mass is 19.1. The van der Waals surface area contributed by atoms with Crippen molar-refractivity contribution in [3.05, 3.63) is 40.8 Å². The van der Waals surface area contributed by atoms with Crippen molar-refractivity contribution >= 4 is 6.16 Å². The van der Waals surface area contributed by atoms with Gasteiger partial charge in [0.2, 0.25) is 12.2 Å². The van der Waals surface area contributed by atoms with E-state index in [0.717, 1.165) is 5.69 Å². The molecule has 1 aliphatic rings. The van der Waals surface area contributed by atoms with Crippen LogP contribution < -0.4 is 9.47 Å². The number of carbonyl (C=O) groups is 1. The maximum absolute atomic E-state index is 14.6. The van der Waals surface area contributed by atoms with Gasteiger partial charge in [-0.2, -0.15) is 0 Å². The molecule has 2 N–H and O–H groups in total. The molecule has 0 spiro atoms. The molecular weight excluding hydrogens is 487 g/mol. The predicted octanol–water partition coefficient (Wildman–Crippen LogP) is 3.53. The number of benzene rings is 1. The van der Waals surface area contributed by atoms with Crippen molar-refractivity contribution in [3.8, 4) is 11.6 Å². The first-order valence-corrected chi connectivity index (χ1v) is 12.3. The SMILES string of the molecule is COC(=O)OC[C@H]1O[C@@H](Oc2nn(C(C)C)c(C)c2Cc2ccc(OC(C)C)c(F)c2)[C@H](O)[C@@H](O)[C@@H]1C. The van der Waals surface area contributed by atoms with Crippen molar-refractivity contribution in [1.29, 1.82) is 0 Å². The van der Waals surface area contributed by atoms with Crippen molar-refractivity contribution in [2.24, 2.45) is 5.92 Å². The van der Waals surface area contributed by atoms with E-state index in [1.165, 1.54) is 13.2 Å². The summed E-state index contributed by atoms with van der Waals surface area (Å²) < 4.78 is 43.3. The average molecular weight is 525 g/mol. The quantitative estimate of drug-likeness (QED) is 0.475. The molecule has 0 aliphatic carbocycles. The Balaban J connectivity index is 1.87. The minimum Gasteiger partial charge on any atom is -0.488 e. The average Bonchev–Trinajstić information content (AvgIpc) is 3.14.